The van der Waals surface area contributed by atoms with E-state index in [0.717, 1.165) is 0 Å². The Morgan fingerprint density at radius 1 is 1.19 bits per heavy atom. The Morgan fingerprint density at radius 2 is 1.75 bits per heavy atom. The fraction of sp³-hybridized carbons (Fsp3) is 0.385. The van der Waals surface area contributed by atoms with Crippen molar-refractivity contribution in [2.45, 2.75) is 20.3 Å². The van der Waals surface area contributed by atoms with E-state index in [2.05, 4.69) is 0 Å². The zero-order valence-electron chi connectivity index (χ0n) is 9.51. The lowest BCUT2D eigenvalue weighted by Crippen LogP contribution is -2.25. The van der Waals surface area contributed by atoms with Crippen LogP contribution in [0.25, 0.3) is 0 Å². The minimum absolute atomic E-state index is 0.189. The molecular weight excluding hydrogens is 204 g/mol. The lowest BCUT2D eigenvalue weighted by molar-refractivity contribution is -0.140. The summed E-state index contributed by atoms with van der Waals surface area (Å²) in [6, 6.07) is 8.58. The number of hydrogen-bond donors (Lipinski definition) is 1. The van der Waals surface area contributed by atoms with E-state index in [9.17, 15) is 9.59 Å². The van der Waals surface area contributed by atoms with Crippen LogP contribution in [0.2, 0.25) is 0 Å². The van der Waals surface area contributed by atoms with E-state index in [4.69, 9.17) is 5.11 Å². The molecule has 0 saturated carbocycles. The highest BCUT2D eigenvalue weighted by molar-refractivity contribution is 6.08. The van der Waals surface area contributed by atoms with Crippen LogP contribution in [0.1, 0.15) is 30.6 Å². The molecule has 1 atom stereocenters. The van der Waals surface area contributed by atoms with Crippen molar-refractivity contribution in [2.75, 3.05) is 0 Å². The zero-order chi connectivity index (χ0) is 12.1. The van der Waals surface area contributed by atoms with Gasteiger partial charge in [-0.1, -0.05) is 44.2 Å². The van der Waals surface area contributed by atoms with Crippen LogP contribution in [0.3, 0.4) is 0 Å². The molecule has 1 rings (SSSR count). The maximum absolute atomic E-state index is 11.9. The van der Waals surface area contributed by atoms with Crippen molar-refractivity contribution >= 4 is 11.8 Å². The first-order chi connectivity index (χ1) is 7.52. The third-order valence-corrected chi connectivity index (χ3v) is 2.38. The van der Waals surface area contributed by atoms with Gasteiger partial charge in [-0.15, -0.1) is 0 Å². The smallest absolute Gasteiger partial charge is 0.314 e. The van der Waals surface area contributed by atoms with Gasteiger partial charge in [0.2, 0.25) is 0 Å². The highest BCUT2D eigenvalue weighted by atomic mass is 16.4. The van der Waals surface area contributed by atoms with Crippen LogP contribution >= 0.6 is 0 Å². The molecule has 0 saturated heterocycles. The number of hydrogen-bond acceptors (Lipinski definition) is 2. The van der Waals surface area contributed by atoms with Gasteiger partial charge in [0.15, 0.2) is 5.78 Å². The highest BCUT2D eigenvalue weighted by Gasteiger charge is 2.27. The van der Waals surface area contributed by atoms with E-state index < -0.39 is 11.9 Å². The van der Waals surface area contributed by atoms with Crippen LogP contribution < -0.4 is 0 Å². The monoisotopic (exact) mass is 220 g/mol. The molecular formula is C13H16O3. The summed E-state index contributed by atoms with van der Waals surface area (Å²) in [6.07, 6.45) is 0.378. The molecule has 86 valence electrons. The molecule has 0 radical (unpaired) electrons. The topological polar surface area (TPSA) is 54.4 Å². The summed E-state index contributed by atoms with van der Waals surface area (Å²) in [5, 5.41) is 9.03. The molecule has 3 nitrogen and oxygen atoms in total. The van der Waals surface area contributed by atoms with E-state index in [0.29, 0.717) is 12.0 Å². The number of carboxylic acid groups (broad SMARTS) is 1. The summed E-state index contributed by atoms with van der Waals surface area (Å²) in [6.45, 7) is 3.82. The molecule has 1 aromatic rings. The number of benzene rings is 1. The Bertz CT molecular complexity index is 368. The molecule has 0 bridgehead atoms. The quantitative estimate of drug-likeness (QED) is 0.613. The summed E-state index contributed by atoms with van der Waals surface area (Å²) < 4.78 is 0. The number of carboxylic acids is 1. The number of carbonyl (C=O) groups excluding carboxylic acids is 1. The number of rotatable bonds is 5. The van der Waals surface area contributed by atoms with Gasteiger partial charge in [0.1, 0.15) is 5.92 Å². The van der Waals surface area contributed by atoms with E-state index >= 15 is 0 Å². The number of Topliss-reactive ketones (excluding diaryl/α,β-unsaturated/α-hetero) is 1. The third-order valence-electron chi connectivity index (χ3n) is 2.38. The molecule has 0 amide bonds. The zero-order valence-corrected chi connectivity index (χ0v) is 9.51. The molecule has 0 heterocycles. The molecule has 0 aliphatic heterocycles. The van der Waals surface area contributed by atoms with Gasteiger partial charge < -0.3 is 5.11 Å². The molecule has 1 unspecified atom stereocenters. The SMILES string of the molecule is CC(C)CC(C(=O)O)C(=O)c1ccccc1. The van der Waals surface area contributed by atoms with Crippen LogP contribution in [0.5, 0.6) is 0 Å². The van der Waals surface area contributed by atoms with Crippen molar-refractivity contribution in [1.29, 1.82) is 0 Å². The molecule has 0 aromatic heterocycles. The highest BCUT2D eigenvalue weighted by Crippen LogP contribution is 2.17. The van der Waals surface area contributed by atoms with Crippen molar-refractivity contribution < 1.29 is 14.7 Å². The minimum Gasteiger partial charge on any atom is -0.481 e. The number of aliphatic carboxylic acids is 1. The van der Waals surface area contributed by atoms with Gasteiger partial charge in [0.05, 0.1) is 0 Å². The van der Waals surface area contributed by atoms with Crippen LogP contribution in [-0.2, 0) is 4.79 Å². The first-order valence-corrected chi connectivity index (χ1v) is 5.34. The molecule has 0 fully saturated rings. The average molecular weight is 220 g/mol. The fourth-order valence-corrected chi connectivity index (χ4v) is 1.60. The van der Waals surface area contributed by atoms with Gasteiger partial charge in [-0.05, 0) is 12.3 Å². The van der Waals surface area contributed by atoms with Crippen molar-refractivity contribution in [3.05, 3.63) is 35.9 Å². The Hall–Kier alpha value is -1.64. The predicted molar refractivity (Wildman–Crippen MR) is 61.4 cm³/mol. The Labute approximate surface area is 95.1 Å². The van der Waals surface area contributed by atoms with Crippen molar-refractivity contribution in [3.8, 4) is 0 Å². The largest absolute Gasteiger partial charge is 0.481 e. The fourth-order valence-electron chi connectivity index (χ4n) is 1.60. The van der Waals surface area contributed by atoms with Crippen molar-refractivity contribution in [3.63, 3.8) is 0 Å². The number of carbonyl (C=O) groups is 2. The Morgan fingerprint density at radius 3 is 2.19 bits per heavy atom. The molecule has 0 aliphatic carbocycles. The lowest BCUT2D eigenvalue weighted by Gasteiger charge is -2.13. The Balaban J connectivity index is 2.88. The third kappa shape index (κ3) is 3.19. The van der Waals surface area contributed by atoms with Crippen LogP contribution in [0.4, 0.5) is 0 Å². The van der Waals surface area contributed by atoms with Crippen molar-refractivity contribution in [2.24, 2.45) is 11.8 Å². The Kier molecular flexibility index (Phi) is 4.23. The van der Waals surface area contributed by atoms with Crippen LogP contribution in [-0.4, -0.2) is 16.9 Å². The van der Waals surface area contributed by atoms with E-state index in [-0.39, 0.29) is 11.7 Å². The van der Waals surface area contributed by atoms with Gasteiger partial charge in [0.25, 0.3) is 0 Å². The summed E-state index contributed by atoms with van der Waals surface area (Å²) in [5.41, 5.74) is 0.468. The molecule has 0 aliphatic rings. The second-order valence-corrected chi connectivity index (χ2v) is 4.25. The summed E-state index contributed by atoms with van der Waals surface area (Å²) >= 11 is 0. The first-order valence-electron chi connectivity index (χ1n) is 5.34. The van der Waals surface area contributed by atoms with Gasteiger partial charge in [-0.25, -0.2) is 0 Å². The molecule has 3 heteroatoms. The number of ketones is 1. The van der Waals surface area contributed by atoms with Gasteiger partial charge in [-0.2, -0.15) is 0 Å². The summed E-state index contributed by atoms with van der Waals surface area (Å²) in [7, 11) is 0. The molecule has 1 aromatic carbocycles. The average Bonchev–Trinajstić information content (AvgIpc) is 2.25. The standard InChI is InChI=1S/C13H16O3/c1-9(2)8-11(13(15)16)12(14)10-6-4-3-5-7-10/h3-7,9,11H,8H2,1-2H3,(H,15,16). The predicted octanol–water partition coefficient (Wildman–Crippen LogP) is 2.62. The van der Waals surface area contributed by atoms with Gasteiger partial charge in [-0.3, -0.25) is 9.59 Å². The molecule has 0 spiro atoms. The second-order valence-electron chi connectivity index (χ2n) is 4.25. The molecule has 16 heavy (non-hydrogen) atoms. The second kappa shape index (κ2) is 5.45. The van der Waals surface area contributed by atoms with Gasteiger partial charge in [0, 0.05) is 5.56 Å². The maximum Gasteiger partial charge on any atom is 0.314 e. The van der Waals surface area contributed by atoms with Crippen LogP contribution in [0, 0.1) is 11.8 Å². The van der Waals surface area contributed by atoms with E-state index in [1.807, 2.05) is 13.8 Å². The van der Waals surface area contributed by atoms with E-state index in [1.54, 1.807) is 30.3 Å². The minimum atomic E-state index is -1.04. The summed E-state index contributed by atoms with van der Waals surface area (Å²) in [5.74, 6) is -2.08. The van der Waals surface area contributed by atoms with Crippen molar-refractivity contribution in [1.82, 2.24) is 0 Å². The summed E-state index contributed by atoms with van der Waals surface area (Å²) in [4.78, 5) is 23.0. The van der Waals surface area contributed by atoms with Crippen LogP contribution in [0.15, 0.2) is 30.3 Å². The first kappa shape index (κ1) is 12.4. The maximum atomic E-state index is 11.9. The normalized spacial score (nSPS) is 12.4. The molecule has 1 N–H and O–H groups in total. The lowest BCUT2D eigenvalue weighted by atomic mass is 9.90. The van der Waals surface area contributed by atoms with E-state index in [1.165, 1.54) is 0 Å². The van der Waals surface area contributed by atoms with Gasteiger partial charge >= 0.3 is 5.97 Å².